The van der Waals surface area contributed by atoms with E-state index in [1.807, 2.05) is 36.4 Å². The Labute approximate surface area is 272 Å². The number of aromatic nitrogens is 2. The van der Waals surface area contributed by atoms with Crippen molar-refractivity contribution in [3.05, 3.63) is 87.2 Å². The first-order valence-corrected chi connectivity index (χ1v) is 16.4. The van der Waals surface area contributed by atoms with E-state index in [0.717, 1.165) is 78.3 Å². The fraction of sp³-hybridized carbons (Fsp3) is 0.429. The highest BCUT2D eigenvalue weighted by atomic mass is 35.5. The maximum Gasteiger partial charge on any atom is 0.338 e. The third-order valence-electron chi connectivity index (χ3n) is 9.43. The number of nitrogens with zero attached hydrogens (tertiary/aromatic N) is 3. The number of benzene rings is 3. The number of hydrogen-bond acceptors (Lipinski definition) is 6. The van der Waals surface area contributed by atoms with Gasteiger partial charge >= 0.3 is 5.97 Å². The summed E-state index contributed by atoms with van der Waals surface area (Å²) in [5.74, 6) is 2.40. The summed E-state index contributed by atoms with van der Waals surface area (Å²) < 4.78 is 34.1. The van der Waals surface area contributed by atoms with Crippen LogP contribution in [-0.2, 0) is 17.8 Å². The lowest BCUT2D eigenvalue weighted by atomic mass is 9.88. The van der Waals surface area contributed by atoms with Gasteiger partial charge in [-0.05, 0) is 88.0 Å². The van der Waals surface area contributed by atoms with E-state index in [4.69, 9.17) is 42.4 Å². The van der Waals surface area contributed by atoms with Gasteiger partial charge in [0.1, 0.15) is 12.4 Å². The smallest absolute Gasteiger partial charge is 0.338 e. The number of imidazole rings is 1. The molecule has 1 saturated heterocycles. The number of hydrogen-bond donors (Lipinski definition) is 0. The molecule has 0 spiro atoms. The third-order valence-corrected chi connectivity index (χ3v) is 10.00. The number of carbonyl (C=O) groups is 1. The molecule has 7 nitrogen and oxygen atoms in total. The molecule has 1 saturated carbocycles. The van der Waals surface area contributed by atoms with Gasteiger partial charge in [-0.3, -0.25) is 9.29 Å². The van der Waals surface area contributed by atoms with Crippen LogP contribution in [0.3, 0.4) is 0 Å². The van der Waals surface area contributed by atoms with E-state index in [0.29, 0.717) is 47.8 Å². The van der Waals surface area contributed by atoms with Gasteiger partial charge in [0.15, 0.2) is 17.6 Å². The number of piperidine rings is 1. The second-order valence-corrected chi connectivity index (χ2v) is 13.3. The Morgan fingerprint density at radius 2 is 1.91 bits per heavy atom. The number of rotatable bonds is 9. The molecule has 0 N–H and O–H groups in total. The van der Waals surface area contributed by atoms with Gasteiger partial charge in [0.2, 0.25) is 0 Å². The molecule has 2 aliphatic heterocycles. The lowest BCUT2D eigenvalue weighted by Crippen LogP contribution is -2.34. The number of fused-ring (bicyclic) bond motifs is 2. The summed E-state index contributed by atoms with van der Waals surface area (Å²) in [6.45, 7) is 5.11. The van der Waals surface area contributed by atoms with E-state index in [-0.39, 0.29) is 24.2 Å². The Kier molecular flexibility index (Phi) is 8.40. The van der Waals surface area contributed by atoms with Crippen molar-refractivity contribution in [2.24, 2.45) is 5.41 Å². The van der Waals surface area contributed by atoms with Crippen LogP contribution >= 0.6 is 23.2 Å². The van der Waals surface area contributed by atoms with Crippen molar-refractivity contribution in [2.45, 2.75) is 57.7 Å². The van der Waals surface area contributed by atoms with E-state index >= 15 is 0 Å². The summed E-state index contributed by atoms with van der Waals surface area (Å²) in [6.07, 6.45) is 3.31. The van der Waals surface area contributed by atoms with Gasteiger partial charge in [0.25, 0.3) is 0 Å². The second kappa shape index (κ2) is 12.5. The highest BCUT2D eigenvalue weighted by molar-refractivity contribution is 6.35. The molecule has 2 fully saturated rings. The van der Waals surface area contributed by atoms with E-state index in [1.54, 1.807) is 19.1 Å². The van der Waals surface area contributed by atoms with Crippen molar-refractivity contribution in [1.29, 1.82) is 0 Å². The quantitative estimate of drug-likeness (QED) is 0.170. The van der Waals surface area contributed by atoms with Gasteiger partial charge in [0, 0.05) is 33.1 Å². The standard InChI is InChI=1S/C35H36Cl2FN3O4/c1-2-43-34(42)23-6-9-28-29(16-23)41(21-35(20-38)12-13-35)32(39-28)18-40-14-10-22(11-15-40)25-4-3-5-30-33(25)45-31(19-44-30)26-8-7-24(36)17-27(26)37/h3-9,16-17,22,31H,2,10-15,18-21H2,1H3. The second-order valence-electron chi connectivity index (χ2n) is 12.5. The predicted octanol–water partition coefficient (Wildman–Crippen LogP) is 8.16. The molecule has 1 aromatic heterocycles. The molecule has 10 heteroatoms. The summed E-state index contributed by atoms with van der Waals surface area (Å²) in [6, 6.07) is 17.0. The summed E-state index contributed by atoms with van der Waals surface area (Å²) in [5.41, 5.74) is 3.83. The Bertz CT molecular complexity index is 1730. The Morgan fingerprint density at radius 3 is 2.64 bits per heavy atom. The first kappa shape index (κ1) is 30.3. The van der Waals surface area contributed by atoms with Gasteiger partial charge in [-0.1, -0.05) is 41.4 Å². The minimum absolute atomic E-state index is 0.310. The predicted molar refractivity (Wildman–Crippen MR) is 172 cm³/mol. The van der Waals surface area contributed by atoms with Gasteiger partial charge in [-0.15, -0.1) is 0 Å². The van der Waals surface area contributed by atoms with Crippen LogP contribution in [0.15, 0.2) is 54.6 Å². The van der Waals surface area contributed by atoms with Crippen LogP contribution in [0.5, 0.6) is 11.5 Å². The SMILES string of the molecule is CCOC(=O)c1ccc2nc(CN3CCC(c4cccc5c4OC(c4ccc(Cl)cc4Cl)CO5)CC3)n(CC3(CF)CC3)c2c1. The maximum absolute atomic E-state index is 14.1. The summed E-state index contributed by atoms with van der Waals surface area (Å²) >= 11 is 12.6. The van der Waals surface area contributed by atoms with Gasteiger partial charge in [-0.25, -0.2) is 9.78 Å². The highest BCUT2D eigenvalue weighted by Gasteiger charge is 2.44. The average molecular weight is 653 g/mol. The number of alkyl halides is 1. The molecule has 3 aliphatic rings. The topological polar surface area (TPSA) is 65.8 Å². The van der Waals surface area contributed by atoms with Crippen LogP contribution < -0.4 is 9.47 Å². The van der Waals surface area contributed by atoms with Crippen LogP contribution in [0.25, 0.3) is 11.0 Å². The van der Waals surface area contributed by atoms with Crippen molar-refractivity contribution in [2.75, 3.05) is 33.0 Å². The van der Waals surface area contributed by atoms with E-state index < -0.39 is 0 Å². The van der Waals surface area contributed by atoms with Gasteiger partial charge < -0.3 is 18.8 Å². The van der Waals surface area contributed by atoms with Crippen LogP contribution in [0.4, 0.5) is 4.39 Å². The van der Waals surface area contributed by atoms with Crippen LogP contribution in [0, 0.1) is 5.41 Å². The van der Waals surface area contributed by atoms with Crippen molar-refractivity contribution in [3.8, 4) is 11.5 Å². The fourth-order valence-corrected chi connectivity index (χ4v) is 7.14. The van der Waals surface area contributed by atoms with Crippen molar-refractivity contribution >= 4 is 40.2 Å². The van der Waals surface area contributed by atoms with Crippen molar-refractivity contribution < 1.29 is 23.4 Å². The molecule has 0 bridgehead atoms. The normalized spacial score (nSPS) is 19.5. The van der Waals surface area contributed by atoms with E-state index in [1.165, 1.54) is 0 Å². The summed E-state index contributed by atoms with van der Waals surface area (Å²) in [4.78, 5) is 19.9. The average Bonchev–Trinajstić information content (AvgIpc) is 3.76. The largest absolute Gasteiger partial charge is 0.485 e. The molecule has 1 atom stereocenters. The zero-order valence-corrected chi connectivity index (χ0v) is 26.7. The molecular formula is C35H36Cl2FN3O4. The first-order chi connectivity index (χ1) is 21.9. The molecule has 3 heterocycles. The molecule has 1 aliphatic carbocycles. The zero-order valence-electron chi connectivity index (χ0n) is 25.2. The molecular weight excluding hydrogens is 616 g/mol. The maximum atomic E-state index is 14.1. The van der Waals surface area contributed by atoms with E-state index in [9.17, 15) is 9.18 Å². The number of likely N-dealkylation sites (tertiary alicyclic amines) is 1. The summed E-state index contributed by atoms with van der Waals surface area (Å²) in [7, 11) is 0. The number of halogens is 3. The van der Waals surface area contributed by atoms with Gasteiger partial charge in [-0.2, -0.15) is 0 Å². The van der Waals surface area contributed by atoms with Crippen LogP contribution in [0.2, 0.25) is 10.0 Å². The third kappa shape index (κ3) is 6.12. The minimum Gasteiger partial charge on any atom is -0.485 e. The minimum atomic E-state index is -0.359. The molecule has 7 rings (SSSR count). The number of ether oxygens (including phenoxy) is 3. The first-order valence-electron chi connectivity index (χ1n) is 15.7. The molecule has 3 aromatic carbocycles. The van der Waals surface area contributed by atoms with Crippen molar-refractivity contribution in [1.82, 2.24) is 14.5 Å². The molecule has 1 unspecified atom stereocenters. The molecule has 0 amide bonds. The lowest BCUT2D eigenvalue weighted by Gasteiger charge is -2.35. The van der Waals surface area contributed by atoms with Crippen LogP contribution in [0.1, 0.15) is 71.9 Å². The lowest BCUT2D eigenvalue weighted by molar-refractivity contribution is 0.0526. The molecule has 236 valence electrons. The van der Waals surface area contributed by atoms with Crippen LogP contribution in [-0.4, -0.2) is 53.4 Å². The molecule has 0 radical (unpaired) electrons. The van der Waals surface area contributed by atoms with Gasteiger partial charge in [0.05, 0.1) is 36.4 Å². The highest BCUT2D eigenvalue weighted by Crippen LogP contribution is 2.48. The molecule has 45 heavy (non-hydrogen) atoms. The number of carbonyl (C=O) groups excluding carboxylic acids is 1. The zero-order chi connectivity index (χ0) is 31.1. The Balaban J connectivity index is 1.08. The molecule has 4 aromatic rings. The fourth-order valence-electron chi connectivity index (χ4n) is 6.61. The number of para-hydroxylation sites is 1. The Morgan fingerprint density at radius 1 is 1.09 bits per heavy atom. The monoisotopic (exact) mass is 651 g/mol. The summed E-state index contributed by atoms with van der Waals surface area (Å²) in [5, 5.41) is 1.15. The Hall–Kier alpha value is -3.33. The number of esters is 1. The van der Waals surface area contributed by atoms with E-state index in [2.05, 4.69) is 15.5 Å². The van der Waals surface area contributed by atoms with Crippen molar-refractivity contribution in [3.63, 3.8) is 0 Å².